The van der Waals surface area contributed by atoms with Gasteiger partial charge in [0, 0.05) is 10.0 Å². The minimum absolute atomic E-state index is 0.192. The molecular formula is C26H17Cl2N5O. The maximum Gasteiger partial charge on any atom is 0.265 e. The Kier molecular flexibility index (Phi) is 4.86. The Labute approximate surface area is 204 Å². The number of nitrogens with zero attached hydrogens (tertiary/aromatic N) is 5. The summed E-state index contributed by atoms with van der Waals surface area (Å²) in [5, 5.41) is 1.34. The van der Waals surface area contributed by atoms with E-state index >= 15 is 0 Å². The topological polar surface area (TPSA) is 65.6 Å². The van der Waals surface area contributed by atoms with E-state index in [4.69, 9.17) is 38.2 Å². The van der Waals surface area contributed by atoms with Crippen molar-refractivity contribution in [3.05, 3.63) is 105 Å². The summed E-state index contributed by atoms with van der Waals surface area (Å²) in [4.78, 5) is 28.3. The number of para-hydroxylation sites is 2. The Hall–Kier alpha value is -3.74. The summed E-state index contributed by atoms with van der Waals surface area (Å²) in [6.07, 6.45) is 1.57. The van der Waals surface area contributed by atoms with E-state index in [1.54, 1.807) is 33.7 Å². The highest BCUT2D eigenvalue weighted by Gasteiger charge is 2.22. The number of halogens is 2. The SMILES string of the molecule is C[C@H](c1ccccc1)n1cnc2c(c1=O)c1nc3ccccc3nc1n2-c1cc(Cl)cc(Cl)c1. The third kappa shape index (κ3) is 3.26. The fraction of sp³-hybridized carbons (Fsp3) is 0.0769. The molecule has 0 radical (unpaired) electrons. The van der Waals surface area contributed by atoms with Gasteiger partial charge < -0.3 is 0 Å². The molecule has 166 valence electrons. The van der Waals surface area contributed by atoms with Gasteiger partial charge in [-0.3, -0.25) is 13.9 Å². The first kappa shape index (κ1) is 20.8. The first-order chi connectivity index (χ1) is 16.5. The quantitative estimate of drug-likeness (QED) is 0.299. The predicted octanol–water partition coefficient (Wildman–Crippen LogP) is 6.20. The molecule has 0 amide bonds. The number of rotatable bonds is 3. The van der Waals surface area contributed by atoms with Gasteiger partial charge in [0.05, 0.1) is 22.8 Å². The second kappa shape index (κ2) is 7.94. The third-order valence-electron chi connectivity index (χ3n) is 5.99. The molecule has 1 atom stereocenters. The maximum absolute atomic E-state index is 13.9. The van der Waals surface area contributed by atoms with E-state index < -0.39 is 0 Å². The third-order valence-corrected chi connectivity index (χ3v) is 6.43. The molecule has 8 heteroatoms. The minimum atomic E-state index is -0.210. The Morgan fingerprint density at radius 1 is 0.824 bits per heavy atom. The number of hydrogen-bond acceptors (Lipinski definition) is 4. The molecular weight excluding hydrogens is 469 g/mol. The fourth-order valence-electron chi connectivity index (χ4n) is 4.33. The van der Waals surface area contributed by atoms with Crippen molar-refractivity contribution in [2.75, 3.05) is 0 Å². The lowest BCUT2D eigenvalue weighted by Crippen LogP contribution is -2.24. The largest absolute Gasteiger partial charge is 0.291 e. The number of aromatic nitrogens is 5. The van der Waals surface area contributed by atoms with Crippen LogP contribution in [0.1, 0.15) is 18.5 Å². The van der Waals surface area contributed by atoms with Gasteiger partial charge in [0.25, 0.3) is 5.56 Å². The first-order valence-corrected chi connectivity index (χ1v) is 11.5. The molecule has 0 unspecified atom stereocenters. The molecule has 0 bridgehead atoms. The minimum Gasteiger partial charge on any atom is -0.291 e. The van der Waals surface area contributed by atoms with Crippen LogP contribution in [0, 0.1) is 0 Å². The monoisotopic (exact) mass is 485 g/mol. The molecule has 3 heterocycles. The summed E-state index contributed by atoms with van der Waals surface area (Å²) in [5.74, 6) is 0. The molecule has 0 fully saturated rings. The Bertz CT molecular complexity index is 1760. The van der Waals surface area contributed by atoms with E-state index in [9.17, 15) is 4.79 Å². The molecule has 3 aromatic carbocycles. The number of hydrogen-bond donors (Lipinski definition) is 0. The number of fused-ring (bicyclic) bond motifs is 4. The summed E-state index contributed by atoms with van der Waals surface area (Å²) in [6, 6.07) is 22.4. The van der Waals surface area contributed by atoms with Crippen LogP contribution in [-0.2, 0) is 0 Å². The van der Waals surface area contributed by atoms with Crippen molar-refractivity contribution in [3.63, 3.8) is 0 Å². The molecule has 6 aromatic rings. The average molecular weight is 486 g/mol. The highest BCUT2D eigenvalue weighted by molar-refractivity contribution is 6.35. The molecule has 0 saturated carbocycles. The summed E-state index contributed by atoms with van der Waals surface area (Å²) in [7, 11) is 0. The van der Waals surface area contributed by atoms with Gasteiger partial charge in [-0.25, -0.2) is 15.0 Å². The Balaban J connectivity index is 1.74. The van der Waals surface area contributed by atoms with Crippen molar-refractivity contribution in [3.8, 4) is 5.69 Å². The molecule has 34 heavy (non-hydrogen) atoms. The molecule has 0 aliphatic carbocycles. The zero-order valence-corrected chi connectivity index (χ0v) is 19.5. The van der Waals surface area contributed by atoms with Crippen molar-refractivity contribution in [1.29, 1.82) is 0 Å². The lowest BCUT2D eigenvalue weighted by molar-refractivity contribution is 0.608. The lowest BCUT2D eigenvalue weighted by Gasteiger charge is -2.15. The normalized spacial score (nSPS) is 12.6. The van der Waals surface area contributed by atoms with Gasteiger partial charge in [0.1, 0.15) is 17.2 Å². The summed E-state index contributed by atoms with van der Waals surface area (Å²) in [6.45, 7) is 1.97. The van der Waals surface area contributed by atoms with Crippen LogP contribution in [0.15, 0.2) is 83.9 Å². The zero-order valence-electron chi connectivity index (χ0n) is 18.0. The van der Waals surface area contributed by atoms with E-state index in [1.165, 1.54) is 0 Å². The average Bonchev–Trinajstić information content (AvgIpc) is 3.16. The van der Waals surface area contributed by atoms with Gasteiger partial charge in [-0.05, 0) is 42.8 Å². The summed E-state index contributed by atoms with van der Waals surface area (Å²) >= 11 is 12.6. The van der Waals surface area contributed by atoms with Gasteiger partial charge in [-0.1, -0.05) is 65.7 Å². The van der Waals surface area contributed by atoms with Crippen LogP contribution >= 0.6 is 23.2 Å². The molecule has 0 aliphatic heterocycles. The first-order valence-electron chi connectivity index (χ1n) is 10.7. The second-order valence-electron chi connectivity index (χ2n) is 8.09. The summed E-state index contributed by atoms with van der Waals surface area (Å²) in [5.41, 5.74) is 4.33. The van der Waals surface area contributed by atoms with Crippen LogP contribution < -0.4 is 5.56 Å². The molecule has 0 saturated heterocycles. The smallest absolute Gasteiger partial charge is 0.265 e. The molecule has 6 rings (SSSR count). The lowest BCUT2D eigenvalue weighted by atomic mass is 10.1. The van der Waals surface area contributed by atoms with Crippen molar-refractivity contribution in [2.45, 2.75) is 13.0 Å². The van der Waals surface area contributed by atoms with Crippen LogP contribution in [-0.4, -0.2) is 24.1 Å². The van der Waals surface area contributed by atoms with E-state index in [0.29, 0.717) is 49.0 Å². The second-order valence-corrected chi connectivity index (χ2v) is 8.96. The van der Waals surface area contributed by atoms with Gasteiger partial charge in [0.15, 0.2) is 11.3 Å². The van der Waals surface area contributed by atoms with Crippen molar-refractivity contribution in [2.24, 2.45) is 0 Å². The summed E-state index contributed by atoms with van der Waals surface area (Å²) < 4.78 is 3.42. The van der Waals surface area contributed by atoms with Crippen molar-refractivity contribution in [1.82, 2.24) is 24.1 Å². The molecule has 3 aromatic heterocycles. The fourth-order valence-corrected chi connectivity index (χ4v) is 4.85. The van der Waals surface area contributed by atoms with Crippen LogP contribution in [0.4, 0.5) is 0 Å². The van der Waals surface area contributed by atoms with Gasteiger partial charge >= 0.3 is 0 Å². The molecule has 0 aliphatic rings. The maximum atomic E-state index is 13.9. The Morgan fingerprint density at radius 2 is 1.47 bits per heavy atom. The molecule has 6 nitrogen and oxygen atoms in total. The van der Waals surface area contributed by atoms with E-state index in [-0.39, 0.29) is 11.6 Å². The highest BCUT2D eigenvalue weighted by Crippen LogP contribution is 2.31. The van der Waals surface area contributed by atoms with Gasteiger partial charge in [0.2, 0.25) is 0 Å². The molecule has 0 N–H and O–H groups in total. The van der Waals surface area contributed by atoms with Gasteiger partial charge in [-0.15, -0.1) is 0 Å². The van der Waals surface area contributed by atoms with E-state index in [0.717, 1.165) is 5.56 Å². The predicted molar refractivity (Wildman–Crippen MR) is 136 cm³/mol. The van der Waals surface area contributed by atoms with Gasteiger partial charge in [-0.2, -0.15) is 0 Å². The van der Waals surface area contributed by atoms with Crippen molar-refractivity contribution >= 4 is 56.4 Å². The van der Waals surface area contributed by atoms with Crippen LogP contribution in [0.3, 0.4) is 0 Å². The van der Waals surface area contributed by atoms with Crippen molar-refractivity contribution < 1.29 is 0 Å². The van der Waals surface area contributed by atoms with E-state index in [2.05, 4.69) is 0 Å². The molecule has 0 spiro atoms. The van der Waals surface area contributed by atoms with Crippen LogP contribution in [0.5, 0.6) is 0 Å². The zero-order chi connectivity index (χ0) is 23.4. The van der Waals surface area contributed by atoms with E-state index in [1.807, 2.05) is 61.5 Å². The van der Waals surface area contributed by atoms with Crippen LogP contribution in [0.2, 0.25) is 10.0 Å². The highest BCUT2D eigenvalue weighted by atomic mass is 35.5. The Morgan fingerprint density at radius 3 is 2.18 bits per heavy atom. The van der Waals surface area contributed by atoms with Crippen LogP contribution in [0.25, 0.3) is 38.9 Å². The number of benzene rings is 3. The standard InChI is InChI=1S/C26H17Cl2N5O/c1-15(16-7-3-2-4-8-16)32-14-29-24-22(26(32)34)23-25(31-21-10-6-5-9-20(21)30-23)33(24)19-12-17(27)11-18(28)13-19/h2-15H,1H3/t15-/m1/s1.